The van der Waals surface area contributed by atoms with E-state index in [-0.39, 0.29) is 18.2 Å². The minimum Gasteiger partial charge on any atom is -0.483 e. The van der Waals surface area contributed by atoms with Gasteiger partial charge in [0.2, 0.25) is 0 Å². The maximum atomic E-state index is 12.1. The summed E-state index contributed by atoms with van der Waals surface area (Å²) in [5.41, 5.74) is 2.07. The van der Waals surface area contributed by atoms with E-state index in [2.05, 4.69) is 21.2 Å². The summed E-state index contributed by atoms with van der Waals surface area (Å²) in [4.78, 5) is 22.4. The van der Waals surface area contributed by atoms with Crippen molar-refractivity contribution in [1.82, 2.24) is 0 Å². The molecule has 24 heavy (non-hydrogen) atoms. The number of hydrogen-bond donors (Lipinski definition) is 1. The van der Waals surface area contributed by atoms with Crippen molar-refractivity contribution in [3.63, 3.8) is 0 Å². The van der Waals surface area contributed by atoms with Crippen molar-refractivity contribution in [3.05, 3.63) is 62.1 Å². The van der Waals surface area contributed by atoms with Crippen LogP contribution in [0, 0.1) is 17.0 Å². The third kappa shape index (κ3) is 4.55. The van der Waals surface area contributed by atoms with E-state index in [1.54, 1.807) is 19.1 Å². The quantitative estimate of drug-likeness (QED) is 0.588. The second kappa shape index (κ2) is 7.92. The maximum Gasteiger partial charge on any atom is 0.271 e. The normalized spacial score (nSPS) is 10.3. The van der Waals surface area contributed by atoms with Gasteiger partial charge in [-0.3, -0.25) is 14.9 Å². The number of nitro groups is 1. The standard InChI is InChI=1S/C17H17BrN2O4/c1-3-12-8-13(18)5-7-16(12)24-10-17(21)19-15-9-14(20(22)23)6-4-11(15)2/h4-9H,3,10H2,1-2H3,(H,19,21). The topological polar surface area (TPSA) is 81.5 Å². The molecule has 0 heterocycles. The van der Waals surface area contributed by atoms with E-state index in [1.165, 1.54) is 12.1 Å². The van der Waals surface area contributed by atoms with Gasteiger partial charge >= 0.3 is 0 Å². The SMILES string of the molecule is CCc1cc(Br)ccc1OCC(=O)Nc1cc([N+](=O)[O-])ccc1C. The van der Waals surface area contributed by atoms with E-state index in [0.717, 1.165) is 22.0 Å². The molecule has 2 aromatic rings. The summed E-state index contributed by atoms with van der Waals surface area (Å²) in [5, 5.41) is 13.5. The number of carbonyl (C=O) groups is 1. The molecule has 2 aromatic carbocycles. The molecule has 0 atom stereocenters. The number of amides is 1. The van der Waals surface area contributed by atoms with Gasteiger partial charge in [-0.1, -0.05) is 28.9 Å². The van der Waals surface area contributed by atoms with Crippen LogP contribution >= 0.6 is 15.9 Å². The highest BCUT2D eigenvalue weighted by molar-refractivity contribution is 9.10. The number of nitrogens with zero attached hydrogens (tertiary/aromatic N) is 1. The van der Waals surface area contributed by atoms with Crippen LogP contribution in [0.25, 0.3) is 0 Å². The Hall–Kier alpha value is -2.41. The third-order valence-electron chi connectivity index (χ3n) is 3.47. The lowest BCUT2D eigenvalue weighted by atomic mass is 10.1. The molecule has 0 aliphatic carbocycles. The molecule has 7 heteroatoms. The van der Waals surface area contributed by atoms with E-state index in [0.29, 0.717) is 11.4 Å². The molecule has 1 N–H and O–H groups in total. The van der Waals surface area contributed by atoms with Gasteiger partial charge in [-0.2, -0.15) is 0 Å². The lowest BCUT2D eigenvalue weighted by Crippen LogP contribution is -2.21. The molecule has 0 aliphatic rings. The molecule has 1 amide bonds. The Bertz CT molecular complexity index is 777. The lowest BCUT2D eigenvalue weighted by Gasteiger charge is -2.12. The molecule has 0 aromatic heterocycles. The molecule has 126 valence electrons. The second-order valence-electron chi connectivity index (χ2n) is 5.20. The van der Waals surface area contributed by atoms with Gasteiger partial charge in [0.1, 0.15) is 5.75 Å². The molecule has 0 bridgehead atoms. The summed E-state index contributed by atoms with van der Waals surface area (Å²) in [6.07, 6.45) is 0.778. The van der Waals surface area contributed by atoms with E-state index in [9.17, 15) is 14.9 Å². The number of rotatable bonds is 6. The zero-order chi connectivity index (χ0) is 17.7. The number of nitro benzene ring substituents is 1. The molecule has 6 nitrogen and oxygen atoms in total. The highest BCUT2D eigenvalue weighted by Crippen LogP contribution is 2.24. The second-order valence-corrected chi connectivity index (χ2v) is 6.11. The minimum absolute atomic E-state index is 0.0713. The largest absolute Gasteiger partial charge is 0.483 e. The highest BCUT2D eigenvalue weighted by atomic mass is 79.9. The third-order valence-corrected chi connectivity index (χ3v) is 3.96. The lowest BCUT2D eigenvalue weighted by molar-refractivity contribution is -0.384. The fourth-order valence-corrected chi connectivity index (χ4v) is 2.56. The van der Waals surface area contributed by atoms with Crippen LogP contribution in [0.3, 0.4) is 0 Å². The number of anilines is 1. The average Bonchev–Trinajstić information content (AvgIpc) is 2.55. The molecule has 0 unspecified atom stereocenters. The van der Waals surface area contributed by atoms with E-state index in [4.69, 9.17) is 4.74 Å². The summed E-state index contributed by atoms with van der Waals surface area (Å²) >= 11 is 3.40. The first-order chi connectivity index (χ1) is 11.4. The van der Waals surface area contributed by atoms with Gasteiger partial charge in [-0.15, -0.1) is 0 Å². The van der Waals surface area contributed by atoms with E-state index >= 15 is 0 Å². The van der Waals surface area contributed by atoms with Crippen LogP contribution in [0.5, 0.6) is 5.75 Å². The van der Waals surface area contributed by atoms with E-state index in [1.807, 2.05) is 19.1 Å². The first-order valence-corrected chi connectivity index (χ1v) is 8.16. The van der Waals surface area contributed by atoms with Gasteiger partial charge in [0.05, 0.1) is 10.6 Å². The Morgan fingerprint density at radius 1 is 1.29 bits per heavy atom. The Morgan fingerprint density at radius 2 is 2.04 bits per heavy atom. The summed E-state index contributed by atoms with van der Waals surface area (Å²) in [7, 11) is 0. The number of benzene rings is 2. The van der Waals surface area contributed by atoms with E-state index < -0.39 is 4.92 Å². The van der Waals surface area contributed by atoms with Crippen molar-refractivity contribution in [2.75, 3.05) is 11.9 Å². The number of aryl methyl sites for hydroxylation is 2. The number of halogens is 1. The Labute approximate surface area is 148 Å². The summed E-state index contributed by atoms with van der Waals surface area (Å²) in [6.45, 7) is 3.60. The smallest absolute Gasteiger partial charge is 0.271 e. The summed E-state index contributed by atoms with van der Waals surface area (Å²) in [6, 6.07) is 9.92. The molecular weight excluding hydrogens is 376 g/mol. The van der Waals surface area contributed by atoms with Crippen LogP contribution < -0.4 is 10.1 Å². The minimum atomic E-state index is -0.499. The monoisotopic (exact) mass is 392 g/mol. The number of ether oxygens (including phenoxy) is 1. The Kier molecular flexibility index (Phi) is 5.92. The van der Waals surface area contributed by atoms with Crippen LogP contribution in [0.4, 0.5) is 11.4 Å². The number of nitrogens with one attached hydrogen (secondary N) is 1. The predicted molar refractivity (Wildman–Crippen MR) is 95.5 cm³/mol. The fourth-order valence-electron chi connectivity index (χ4n) is 2.15. The van der Waals surface area contributed by atoms with Crippen molar-refractivity contribution in [2.45, 2.75) is 20.3 Å². The molecule has 0 saturated carbocycles. The summed E-state index contributed by atoms with van der Waals surface area (Å²) in [5.74, 6) is 0.273. The number of non-ortho nitro benzene ring substituents is 1. The molecule has 0 fully saturated rings. The van der Waals surface area contributed by atoms with Crippen molar-refractivity contribution >= 4 is 33.2 Å². The Balaban J connectivity index is 2.04. The Morgan fingerprint density at radius 3 is 2.71 bits per heavy atom. The molecule has 2 rings (SSSR count). The van der Waals surface area contributed by atoms with Gasteiger partial charge in [0.15, 0.2) is 6.61 Å². The van der Waals surface area contributed by atoms with Crippen molar-refractivity contribution in [1.29, 1.82) is 0 Å². The van der Waals surface area contributed by atoms with Crippen LogP contribution in [0.2, 0.25) is 0 Å². The van der Waals surface area contributed by atoms with Crippen LogP contribution in [0.1, 0.15) is 18.1 Å². The maximum absolute atomic E-state index is 12.1. The van der Waals surface area contributed by atoms with Gasteiger partial charge in [-0.25, -0.2) is 0 Å². The van der Waals surface area contributed by atoms with Gasteiger partial charge in [0.25, 0.3) is 11.6 Å². The van der Waals surface area contributed by atoms with Crippen molar-refractivity contribution in [3.8, 4) is 5.75 Å². The zero-order valence-corrected chi connectivity index (χ0v) is 14.9. The molecule has 0 aliphatic heterocycles. The van der Waals surface area contributed by atoms with Crippen LogP contribution in [-0.2, 0) is 11.2 Å². The highest BCUT2D eigenvalue weighted by Gasteiger charge is 2.12. The fraction of sp³-hybridized carbons (Fsp3) is 0.235. The van der Waals surface area contributed by atoms with Crippen molar-refractivity contribution < 1.29 is 14.5 Å². The number of carbonyl (C=O) groups excluding carboxylic acids is 1. The van der Waals surface area contributed by atoms with Crippen molar-refractivity contribution in [2.24, 2.45) is 0 Å². The molecule has 0 saturated heterocycles. The first kappa shape index (κ1) is 17.9. The van der Waals surface area contributed by atoms with Gasteiger partial charge < -0.3 is 10.1 Å². The number of hydrogen-bond acceptors (Lipinski definition) is 4. The van der Waals surface area contributed by atoms with Crippen LogP contribution in [0.15, 0.2) is 40.9 Å². The average molecular weight is 393 g/mol. The molecule has 0 spiro atoms. The summed E-state index contributed by atoms with van der Waals surface area (Å²) < 4.78 is 6.52. The zero-order valence-electron chi connectivity index (χ0n) is 13.3. The van der Waals surface area contributed by atoms with Gasteiger partial charge in [-0.05, 0) is 42.7 Å². The predicted octanol–water partition coefficient (Wildman–Crippen LogP) is 4.25. The van der Waals surface area contributed by atoms with Crippen LogP contribution in [-0.4, -0.2) is 17.4 Å². The molecule has 0 radical (unpaired) electrons. The first-order valence-electron chi connectivity index (χ1n) is 7.36. The van der Waals surface area contributed by atoms with Gasteiger partial charge in [0, 0.05) is 16.6 Å². The molecular formula is C17H17BrN2O4.